The van der Waals surface area contributed by atoms with Crippen LogP contribution < -0.4 is 0 Å². The van der Waals surface area contributed by atoms with Crippen LogP contribution >= 0.6 is 0 Å². The van der Waals surface area contributed by atoms with Gasteiger partial charge in [-0.25, -0.2) is 0 Å². The molecule has 3 atom stereocenters. The zero-order chi connectivity index (χ0) is 15.5. The van der Waals surface area contributed by atoms with Crippen molar-refractivity contribution in [1.29, 1.82) is 0 Å². The first-order chi connectivity index (χ1) is 10.1. The zero-order valence-corrected chi connectivity index (χ0v) is 15.3. The van der Waals surface area contributed by atoms with E-state index in [1.807, 2.05) is 0 Å². The Morgan fingerprint density at radius 2 is 1.71 bits per heavy atom. The minimum atomic E-state index is 0.925. The summed E-state index contributed by atoms with van der Waals surface area (Å²) in [7, 11) is 0. The van der Waals surface area contributed by atoms with Crippen LogP contribution in [0.2, 0.25) is 0 Å². The van der Waals surface area contributed by atoms with Gasteiger partial charge in [-0.05, 0) is 50.4 Å². The minimum absolute atomic E-state index is 0.925. The topological polar surface area (TPSA) is 0 Å². The molecule has 124 valence electrons. The van der Waals surface area contributed by atoms with Crippen molar-refractivity contribution in [3.8, 4) is 0 Å². The van der Waals surface area contributed by atoms with Crippen LogP contribution in [0, 0.1) is 17.8 Å². The van der Waals surface area contributed by atoms with E-state index in [2.05, 4.69) is 33.8 Å². The van der Waals surface area contributed by atoms with Gasteiger partial charge in [0.2, 0.25) is 0 Å². The van der Waals surface area contributed by atoms with Gasteiger partial charge in [0, 0.05) is 0 Å². The first-order valence-corrected chi connectivity index (χ1v) is 9.79. The molecule has 0 heteroatoms. The van der Waals surface area contributed by atoms with Gasteiger partial charge in [-0.1, -0.05) is 83.8 Å². The summed E-state index contributed by atoms with van der Waals surface area (Å²) in [6.07, 6.45) is 19.6. The molecule has 0 aromatic heterocycles. The van der Waals surface area contributed by atoms with Crippen LogP contribution in [0.4, 0.5) is 0 Å². The monoisotopic (exact) mass is 292 g/mol. The number of hydrogen-bond donors (Lipinski definition) is 0. The van der Waals surface area contributed by atoms with Crippen molar-refractivity contribution in [2.45, 2.75) is 105 Å². The quantitative estimate of drug-likeness (QED) is 0.272. The van der Waals surface area contributed by atoms with Crippen molar-refractivity contribution >= 4 is 0 Å². The van der Waals surface area contributed by atoms with Gasteiger partial charge < -0.3 is 0 Å². The second kappa shape index (κ2) is 11.3. The van der Waals surface area contributed by atoms with E-state index in [9.17, 15) is 0 Å². The van der Waals surface area contributed by atoms with Crippen LogP contribution in [0.15, 0.2) is 11.6 Å². The summed E-state index contributed by atoms with van der Waals surface area (Å²) in [5.74, 6) is 2.82. The Kier molecular flexibility index (Phi) is 10.1. The fourth-order valence-electron chi connectivity index (χ4n) is 3.90. The Morgan fingerprint density at radius 1 is 1.05 bits per heavy atom. The Morgan fingerprint density at radius 3 is 2.33 bits per heavy atom. The van der Waals surface area contributed by atoms with Gasteiger partial charge in [0.1, 0.15) is 0 Å². The van der Waals surface area contributed by atoms with E-state index in [1.165, 1.54) is 77.0 Å². The van der Waals surface area contributed by atoms with Crippen LogP contribution in [0.5, 0.6) is 0 Å². The second-order valence-electron chi connectivity index (χ2n) is 7.81. The number of hydrogen-bond acceptors (Lipinski definition) is 0. The van der Waals surface area contributed by atoms with Crippen molar-refractivity contribution in [2.24, 2.45) is 17.8 Å². The summed E-state index contributed by atoms with van der Waals surface area (Å²) in [6.45, 7) is 9.58. The van der Waals surface area contributed by atoms with Crippen molar-refractivity contribution in [3.05, 3.63) is 11.6 Å². The number of unbranched alkanes of at least 4 members (excludes halogenated alkanes) is 6. The van der Waals surface area contributed by atoms with Gasteiger partial charge in [-0.15, -0.1) is 0 Å². The van der Waals surface area contributed by atoms with Crippen molar-refractivity contribution in [2.75, 3.05) is 0 Å². The molecule has 21 heavy (non-hydrogen) atoms. The van der Waals surface area contributed by atoms with Gasteiger partial charge >= 0.3 is 0 Å². The molecule has 0 bridgehead atoms. The molecule has 0 saturated carbocycles. The largest absolute Gasteiger partial charge is 0.0853 e. The lowest BCUT2D eigenvalue weighted by Crippen LogP contribution is -2.16. The van der Waals surface area contributed by atoms with E-state index in [0.717, 1.165) is 17.8 Å². The summed E-state index contributed by atoms with van der Waals surface area (Å²) in [5.41, 5.74) is 1.62. The van der Waals surface area contributed by atoms with E-state index >= 15 is 0 Å². The fraction of sp³-hybridized carbons (Fsp3) is 0.905. The Balaban J connectivity index is 2.03. The highest BCUT2D eigenvalue weighted by atomic mass is 14.3. The van der Waals surface area contributed by atoms with Crippen molar-refractivity contribution in [3.63, 3.8) is 0 Å². The van der Waals surface area contributed by atoms with Gasteiger partial charge in [0.15, 0.2) is 0 Å². The fourth-order valence-corrected chi connectivity index (χ4v) is 3.90. The maximum Gasteiger partial charge on any atom is -0.0317 e. The molecule has 0 aliphatic heterocycles. The van der Waals surface area contributed by atoms with E-state index in [4.69, 9.17) is 0 Å². The van der Waals surface area contributed by atoms with Crippen LogP contribution in [0.25, 0.3) is 0 Å². The summed E-state index contributed by atoms with van der Waals surface area (Å²) in [4.78, 5) is 0. The highest BCUT2D eigenvalue weighted by Gasteiger charge is 2.20. The molecule has 0 saturated heterocycles. The predicted octanol–water partition coefficient (Wildman–Crippen LogP) is 7.54. The van der Waals surface area contributed by atoms with Gasteiger partial charge in [-0.3, -0.25) is 0 Å². The third-order valence-electron chi connectivity index (χ3n) is 5.56. The molecule has 1 rings (SSSR count). The standard InChI is InChI=1S/C21H40/c1-5-6-7-8-9-10-11-12-19(3)17-20(4)21-15-13-18(2)14-16-21/h13,19-21H,5-12,14-17H2,1-4H3. The predicted molar refractivity (Wildman–Crippen MR) is 96.7 cm³/mol. The number of allylic oxidation sites excluding steroid dienone is 2. The molecule has 1 aliphatic rings. The van der Waals surface area contributed by atoms with Gasteiger partial charge in [0.25, 0.3) is 0 Å². The first-order valence-electron chi connectivity index (χ1n) is 9.79. The first kappa shape index (κ1) is 18.8. The van der Waals surface area contributed by atoms with Crippen molar-refractivity contribution < 1.29 is 0 Å². The molecule has 3 unspecified atom stereocenters. The third-order valence-corrected chi connectivity index (χ3v) is 5.56. The highest BCUT2D eigenvalue weighted by molar-refractivity contribution is 5.03. The SMILES string of the molecule is CCCCCCCCCC(C)CC(C)C1CC=C(C)CC1. The lowest BCUT2D eigenvalue weighted by atomic mass is 9.77. The molecule has 0 aromatic rings. The van der Waals surface area contributed by atoms with E-state index in [1.54, 1.807) is 5.57 Å². The molecule has 0 fully saturated rings. The Labute approximate surface area is 134 Å². The molecule has 0 N–H and O–H groups in total. The van der Waals surface area contributed by atoms with E-state index in [0.29, 0.717) is 0 Å². The normalized spacial score (nSPS) is 21.9. The minimum Gasteiger partial charge on any atom is -0.0853 e. The van der Waals surface area contributed by atoms with Crippen LogP contribution in [-0.2, 0) is 0 Å². The molecule has 0 amide bonds. The molecule has 0 heterocycles. The third kappa shape index (κ3) is 8.69. The molecule has 0 nitrogen and oxygen atoms in total. The van der Waals surface area contributed by atoms with Gasteiger partial charge in [-0.2, -0.15) is 0 Å². The summed E-state index contributed by atoms with van der Waals surface area (Å²) in [6, 6.07) is 0. The molecule has 0 spiro atoms. The summed E-state index contributed by atoms with van der Waals surface area (Å²) in [5, 5.41) is 0. The lowest BCUT2D eigenvalue weighted by molar-refractivity contribution is 0.266. The Bertz CT molecular complexity index is 276. The molecular formula is C21H40. The Hall–Kier alpha value is -0.260. The van der Waals surface area contributed by atoms with Gasteiger partial charge in [0.05, 0.1) is 0 Å². The highest BCUT2D eigenvalue weighted by Crippen LogP contribution is 2.33. The molecule has 1 aliphatic carbocycles. The second-order valence-corrected chi connectivity index (χ2v) is 7.81. The van der Waals surface area contributed by atoms with Crippen molar-refractivity contribution in [1.82, 2.24) is 0 Å². The smallest absolute Gasteiger partial charge is 0.0317 e. The molecule has 0 radical (unpaired) electrons. The summed E-state index contributed by atoms with van der Waals surface area (Å²) >= 11 is 0. The van der Waals surface area contributed by atoms with Crippen LogP contribution in [0.3, 0.4) is 0 Å². The average Bonchev–Trinajstić information content (AvgIpc) is 2.47. The molecular weight excluding hydrogens is 252 g/mol. The summed E-state index contributed by atoms with van der Waals surface area (Å²) < 4.78 is 0. The van der Waals surface area contributed by atoms with E-state index < -0.39 is 0 Å². The van der Waals surface area contributed by atoms with Crippen LogP contribution in [0.1, 0.15) is 105 Å². The zero-order valence-electron chi connectivity index (χ0n) is 15.3. The lowest BCUT2D eigenvalue weighted by Gasteiger charge is -2.28. The number of rotatable bonds is 11. The average molecular weight is 293 g/mol. The molecule has 0 aromatic carbocycles. The maximum absolute atomic E-state index is 2.50. The van der Waals surface area contributed by atoms with E-state index in [-0.39, 0.29) is 0 Å². The maximum atomic E-state index is 2.50. The van der Waals surface area contributed by atoms with Crippen LogP contribution in [-0.4, -0.2) is 0 Å².